The molecule has 0 aromatic heterocycles. The molecule has 0 bridgehead atoms. The van der Waals surface area contributed by atoms with Gasteiger partial charge >= 0.3 is 0 Å². The lowest BCUT2D eigenvalue weighted by atomic mass is 9.84. The molecule has 0 heterocycles. The fraction of sp³-hybridized carbons (Fsp3) is 0.278. The van der Waals surface area contributed by atoms with Crippen molar-refractivity contribution in [2.75, 3.05) is 0 Å². The Morgan fingerprint density at radius 2 is 1.42 bits per heavy atom. The van der Waals surface area contributed by atoms with Crippen molar-refractivity contribution in [3.05, 3.63) is 71.8 Å². The minimum atomic E-state index is -0.0982. The molecule has 0 N–H and O–H groups in total. The molecular weight excluding hydrogens is 232 g/mol. The van der Waals surface area contributed by atoms with Gasteiger partial charge in [-0.2, -0.15) is 0 Å². The standard InChI is InChI=1S/C18H18O/c1-2-16-17(13-19)18(16,14-9-5-3-6-10-14)15-11-7-4-8-12-15/h3-13,16-17H,2H2,1H3/t16-,17-/m0/s1. The van der Waals surface area contributed by atoms with Crippen molar-refractivity contribution in [1.82, 2.24) is 0 Å². The largest absolute Gasteiger partial charge is 0.303 e. The van der Waals surface area contributed by atoms with Crippen LogP contribution < -0.4 is 0 Å². The lowest BCUT2D eigenvalue weighted by Gasteiger charge is -2.19. The molecule has 0 saturated heterocycles. The monoisotopic (exact) mass is 250 g/mol. The normalized spacial score (nSPS) is 23.8. The van der Waals surface area contributed by atoms with Gasteiger partial charge in [-0.25, -0.2) is 0 Å². The zero-order valence-electron chi connectivity index (χ0n) is 11.1. The molecule has 2 atom stereocenters. The summed E-state index contributed by atoms with van der Waals surface area (Å²) in [5.41, 5.74) is 2.44. The van der Waals surface area contributed by atoms with Crippen LogP contribution in [0.1, 0.15) is 24.5 Å². The summed E-state index contributed by atoms with van der Waals surface area (Å²) in [4.78, 5) is 11.5. The van der Waals surface area contributed by atoms with Gasteiger partial charge in [0.2, 0.25) is 0 Å². The quantitative estimate of drug-likeness (QED) is 0.754. The molecule has 0 unspecified atom stereocenters. The van der Waals surface area contributed by atoms with E-state index in [1.54, 1.807) is 0 Å². The minimum absolute atomic E-state index is 0.0982. The number of hydrogen-bond acceptors (Lipinski definition) is 1. The Morgan fingerprint density at radius 3 is 1.74 bits per heavy atom. The lowest BCUT2D eigenvalue weighted by molar-refractivity contribution is -0.109. The minimum Gasteiger partial charge on any atom is -0.303 e. The molecule has 96 valence electrons. The molecule has 1 nitrogen and oxygen atoms in total. The first kappa shape index (κ1) is 12.2. The van der Waals surface area contributed by atoms with Crippen LogP contribution in [0.2, 0.25) is 0 Å². The first-order valence-electron chi connectivity index (χ1n) is 6.92. The van der Waals surface area contributed by atoms with Gasteiger partial charge in [-0.3, -0.25) is 0 Å². The lowest BCUT2D eigenvalue weighted by Crippen LogP contribution is -2.14. The maximum absolute atomic E-state index is 11.5. The Kier molecular flexibility index (Phi) is 2.98. The molecular formula is C18H18O. The summed E-state index contributed by atoms with van der Waals surface area (Å²) in [7, 11) is 0. The number of hydrogen-bond donors (Lipinski definition) is 0. The number of benzene rings is 2. The number of carbonyl (C=O) groups is 1. The van der Waals surface area contributed by atoms with Gasteiger partial charge in [-0.1, -0.05) is 74.0 Å². The van der Waals surface area contributed by atoms with E-state index in [0.29, 0.717) is 5.92 Å². The first-order valence-corrected chi connectivity index (χ1v) is 6.92. The van der Waals surface area contributed by atoms with Gasteiger partial charge in [-0.05, 0) is 17.0 Å². The van der Waals surface area contributed by atoms with Crippen LogP contribution in [0.4, 0.5) is 0 Å². The van der Waals surface area contributed by atoms with E-state index in [4.69, 9.17) is 0 Å². The Hall–Kier alpha value is -1.89. The van der Waals surface area contributed by atoms with Gasteiger partial charge in [-0.15, -0.1) is 0 Å². The maximum Gasteiger partial charge on any atom is 0.124 e. The van der Waals surface area contributed by atoms with Crippen LogP contribution in [-0.2, 0) is 10.2 Å². The van der Waals surface area contributed by atoms with Crippen LogP contribution in [-0.4, -0.2) is 6.29 Å². The average molecular weight is 250 g/mol. The fourth-order valence-electron chi connectivity index (χ4n) is 3.67. The summed E-state index contributed by atoms with van der Waals surface area (Å²) in [6.45, 7) is 2.18. The van der Waals surface area contributed by atoms with E-state index < -0.39 is 0 Å². The molecule has 19 heavy (non-hydrogen) atoms. The molecule has 1 aliphatic carbocycles. The second kappa shape index (κ2) is 4.65. The Labute approximate surface area is 114 Å². The first-order chi connectivity index (χ1) is 9.35. The van der Waals surface area contributed by atoms with Crippen molar-refractivity contribution in [2.45, 2.75) is 18.8 Å². The zero-order chi connectivity index (χ0) is 13.3. The van der Waals surface area contributed by atoms with Gasteiger partial charge in [0.15, 0.2) is 0 Å². The van der Waals surface area contributed by atoms with Gasteiger partial charge < -0.3 is 4.79 Å². The van der Waals surface area contributed by atoms with E-state index in [1.165, 1.54) is 11.1 Å². The van der Waals surface area contributed by atoms with E-state index in [-0.39, 0.29) is 11.3 Å². The highest BCUT2D eigenvalue weighted by Gasteiger charge is 2.65. The van der Waals surface area contributed by atoms with Gasteiger partial charge in [0.05, 0.1) is 0 Å². The van der Waals surface area contributed by atoms with Crippen molar-refractivity contribution in [3.63, 3.8) is 0 Å². The summed E-state index contributed by atoms with van der Waals surface area (Å²) in [6.07, 6.45) is 2.18. The smallest absolute Gasteiger partial charge is 0.124 e. The SMILES string of the molecule is CC[C@H]1[C@H](C=O)C1(c1ccccc1)c1ccccc1. The molecule has 0 amide bonds. The Morgan fingerprint density at radius 1 is 0.947 bits per heavy atom. The van der Waals surface area contributed by atoms with Crippen molar-refractivity contribution in [2.24, 2.45) is 11.8 Å². The highest BCUT2D eigenvalue weighted by molar-refractivity contribution is 5.70. The van der Waals surface area contributed by atoms with Gasteiger partial charge in [0.1, 0.15) is 6.29 Å². The summed E-state index contributed by atoms with van der Waals surface area (Å²) in [5.74, 6) is 0.539. The van der Waals surface area contributed by atoms with Crippen LogP contribution in [0, 0.1) is 11.8 Å². The number of aldehydes is 1. The Balaban J connectivity index is 2.16. The van der Waals surface area contributed by atoms with Crippen molar-refractivity contribution in [3.8, 4) is 0 Å². The van der Waals surface area contributed by atoms with Crippen LogP contribution >= 0.6 is 0 Å². The Bertz CT molecular complexity index is 519. The predicted octanol–water partition coefficient (Wildman–Crippen LogP) is 3.83. The number of carbonyl (C=O) groups excluding carboxylic acids is 1. The molecule has 3 rings (SSSR count). The third-order valence-corrected chi connectivity index (χ3v) is 4.52. The van der Waals surface area contributed by atoms with E-state index in [0.717, 1.165) is 12.7 Å². The highest BCUT2D eigenvalue weighted by Crippen LogP contribution is 2.64. The molecule has 0 aliphatic heterocycles. The predicted molar refractivity (Wildman–Crippen MR) is 77.0 cm³/mol. The van der Waals surface area contributed by atoms with Crippen LogP contribution in [0.5, 0.6) is 0 Å². The van der Waals surface area contributed by atoms with E-state index in [1.807, 2.05) is 12.1 Å². The second-order valence-electron chi connectivity index (χ2n) is 5.28. The molecule has 2 aromatic carbocycles. The second-order valence-corrected chi connectivity index (χ2v) is 5.28. The van der Waals surface area contributed by atoms with Crippen molar-refractivity contribution >= 4 is 6.29 Å². The van der Waals surface area contributed by atoms with E-state index >= 15 is 0 Å². The van der Waals surface area contributed by atoms with Gasteiger partial charge in [0.25, 0.3) is 0 Å². The molecule has 2 aromatic rings. The molecule has 1 fully saturated rings. The van der Waals surface area contributed by atoms with Crippen molar-refractivity contribution in [1.29, 1.82) is 0 Å². The molecule has 1 aliphatic rings. The van der Waals surface area contributed by atoms with E-state index in [9.17, 15) is 4.79 Å². The summed E-state index contributed by atoms with van der Waals surface area (Å²) >= 11 is 0. The summed E-state index contributed by atoms with van der Waals surface area (Å²) in [6, 6.07) is 20.9. The van der Waals surface area contributed by atoms with Crippen LogP contribution in [0.25, 0.3) is 0 Å². The van der Waals surface area contributed by atoms with Crippen molar-refractivity contribution < 1.29 is 4.79 Å². The summed E-state index contributed by atoms with van der Waals surface area (Å²) in [5, 5.41) is 0. The highest BCUT2D eigenvalue weighted by atomic mass is 16.1. The maximum atomic E-state index is 11.5. The fourth-order valence-corrected chi connectivity index (χ4v) is 3.67. The summed E-state index contributed by atoms with van der Waals surface area (Å²) < 4.78 is 0. The molecule has 1 saturated carbocycles. The molecule has 1 heteroatoms. The number of rotatable bonds is 4. The molecule has 0 spiro atoms. The topological polar surface area (TPSA) is 17.1 Å². The third kappa shape index (κ3) is 1.65. The van der Waals surface area contributed by atoms with Crippen LogP contribution in [0.3, 0.4) is 0 Å². The van der Waals surface area contributed by atoms with E-state index in [2.05, 4.69) is 55.5 Å². The van der Waals surface area contributed by atoms with Gasteiger partial charge in [0, 0.05) is 11.3 Å². The molecule has 0 radical (unpaired) electrons. The average Bonchev–Trinajstić information content (AvgIpc) is 3.18. The third-order valence-electron chi connectivity index (χ3n) is 4.52. The zero-order valence-corrected chi connectivity index (χ0v) is 11.1. The van der Waals surface area contributed by atoms with Crippen LogP contribution in [0.15, 0.2) is 60.7 Å².